The van der Waals surface area contributed by atoms with Crippen LogP contribution in [0.4, 0.5) is 0 Å². The van der Waals surface area contributed by atoms with Crippen molar-refractivity contribution in [3.63, 3.8) is 0 Å². The average Bonchev–Trinajstić information content (AvgIpc) is 2.17. The highest BCUT2D eigenvalue weighted by molar-refractivity contribution is 5.08. The zero-order valence-electron chi connectivity index (χ0n) is 12.3. The van der Waals surface area contributed by atoms with Gasteiger partial charge in [0.15, 0.2) is 0 Å². The summed E-state index contributed by atoms with van der Waals surface area (Å²) in [4.78, 5) is 0. The SMILES string of the molecule is COCC1C(NC(C)(C)C)CC2CC1C2(C)C. The van der Waals surface area contributed by atoms with Gasteiger partial charge in [-0.2, -0.15) is 0 Å². The van der Waals surface area contributed by atoms with Crippen LogP contribution in [0.3, 0.4) is 0 Å². The van der Waals surface area contributed by atoms with E-state index in [0.717, 1.165) is 18.4 Å². The van der Waals surface area contributed by atoms with E-state index in [1.807, 2.05) is 7.11 Å². The van der Waals surface area contributed by atoms with Crippen LogP contribution in [-0.4, -0.2) is 25.3 Å². The molecule has 17 heavy (non-hydrogen) atoms. The summed E-state index contributed by atoms with van der Waals surface area (Å²) in [6, 6.07) is 0.645. The molecule has 2 heteroatoms. The van der Waals surface area contributed by atoms with Crippen LogP contribution in [0, 0.1) is 23.2 Å². The monoisotopic (exact) mass is 239 g/mol. The van der Waals surface area contributed by atoms with Crippen molar-refractivity contribution in [2.45, 2.75) is 59.0 Å². The van der Waals surface area contributed by atoms with Gasteiger partial charge in [0.2, 0.25) is 0 Å². The highest BCUT2D eigenvalue weighted by Crippen LogP contribution is 2.61. The van der Waals surface area contributed by atoms with Crippen molar-refractivity contribution in [2.75, 3.05) is 13.7 Å². The minimum absolute atomic E-state index is 0.213. The Morgan fingerprint density at radius 3 is 2.35 bits per heavy atom. The summed E-state index contributed by atoms with van der Waals surface area (Å²) >= 11 is 0. The normalized spacial score (nSPS) is 39.9. The Morgan fingerprint density at radius 1 is 1.24 bits per heavy atom. The van der Waals surface area contributed by atoms with Gasteiger partial charge < -0.3 is 10.1 Å². The van der Waals surface area contributed by atoms with Gasteiger partial charge >= 0.3 is 0 Å². The molecule has 3 aliphatic rings. The third-order valence-corrected chi connectivity index (χ3v) is 5.10. The van der Waals surface area contributed by atoms with Crippen LogP contribution in [0.15, 0.2) is 0 Å². The predicted molar refractivity (Wildman–Crippen MR) is 72.0 cm³/mol. The standard InChI is InChI=1S/C15H29NO/c1-14(2,3)16-13-8-10-7-12(15(10,4)5)11(13)9-17-6/h10-13,16H,7-9H2,1-6H3. The van der Waals surface area contributed by atoms with Crippen molar-refractivity contribution in [3.05, 3.63) is 0 Å². The lowest BCUT2D eigenvalue weighted by Gasteiger charge is -2.63. The zero-order valence-corrected chi connectivity index (χ0v) is 12.3. The second-order valence-corrected chi connectivity index (χ2v) is 7.72. The molecular formula is C15H29NO. The maximum absolute atomic E-state index is 5.47. The van der Waals surface area contributed by atoms with Crippen molar-refractivity contribution < 1.29 is 4.74 Å². The summed E-state index contributed by atoms with van der Waals surface area (Å²) in [6.07, 6.45) is 2.75. The second-order valence-electron chi connectivity index (χ2n) is 7.72. The minimum Gasteiger partial charge on any atom is -0.384 e. The van der Waals surface area contributed by atoms with Crippen LogP contribution < -0.4 is 5.32 Å². The molecule has 0 spiro atoms. The van der Waals surface area contributed by atoms with E-state index in [4.69, 9.17) is 4.74 Å². The number of rotatable bonds is 3. The van der Waals surface area contributed by atoms with Gasteiger partial charge in [-0.15, -0.1) is 0 Å². The first-order chi connectivity index (χ1) is 7.75. The summed E-state index contributed by atoms with van der Waals surface area (Å²) in [5, 5.41) is 3.81. The maximum atomic E-state index is 5.47. The molecule has 0 amide bonds. The second kappa shape index (κ2) is 4.24. The van der Waals surface area contributed by atoms with Crippen molar-refractivity contribution in [1.82, 2.24) is 5.32 Å². The number of nitrogens with one attached hydrogen (secondary N) is 1. The van der Waals surface area contributed by atoms with Crippen molar-refractivity contribution >= 4 is 0 Å². The molecule has 4 atom stereocenters. The van der Waals surface area contributed by atoms with E-state index >= 15 is 0 Å². The Hall–Kier alpha value is -0.0800. The average molecular weight is 239 g/mol. The van der Waals surface area contributed by atoms with Gasteiger partial charge in [0.05, 0.1) is 6.61 Å². The van der Waals surface area contributed by atoms with E-state index < -0.39 is 0 Å². The Balaban J connectivity index is 2.08. The molecule has 4 unspecified atom stereocenters. The number of hydrogen-bond donors (Lipinski definition) is 1. The van der Waals surface area contributed by atoms with Crippen LogP contribution in [0.2, 0.25) is 0 Å². The first-order valence-corrected chi connectivity index (χ1v) is 7.02. The van der Waals surface area contributed by atoms with Crippen LogP contribution in [-0.2, 0) is 4.74 Å². The summed E-state index contributed by atoms with van der Waals surface area (Å²) < 4.78 is 5.47. The Kier molecular flexibility index (Phi) is 3.33. The lowest BCUT2D eigenvalue weighted by atomic mass is 9.44. The molecule has 2 bridgehead atoms. The molecule has 0 aromatic rings. The molecule has 0 aromatic heterocycles. The largest absolute Gasteiger partial charge is 0.384 e. The Labute approximate surface area is 107 Å². The molecule has 0 aromatic carbocycles. The topological polar surface area (TPSA) is 21.3 Å². The molecule has 3 fully saturated rings. The molecule has 2 nitrogen and oxygen atoms in total. The molecule has 3 saturated carbocycles. The maximum Gasteiger partial charge on any atom is 0.0508 e. The first-order valence-electron chi connectivity index (χ1n) is 7.02. The van der Waals surface area contributed by atoms with Crippen LogP contribution in [0.1, 0.15) is 47.5 Å². The number of methoxy groups -OCH3 is 1. The smallest absolute Gasteiger partial charge is 0.0508 e. The van der Waals surface area contributed by atoms with Gasteiger partial charge in [-0.1, -0.05) is 13.8 Å². The predicted octanol–water partition coefficient (Wildman–Crippen LogP) is 3.07. The minimum atomic E-state index is 0.213. The van der Waals surface area contributed by atoms with E-state index in [0.29, 0.717) is 17.4 Å². The molecule has 3 aliphatic carbocycles. The van der Waals surface area contributed by atoms with Crippen LogP contribution in [0.5, 0.6) is 0 Å². The molecule has 3 rings (SSSR count). The van der Waals surface area contributed by atoms with Gasteiger partial charge in [0, 0.05) is 24.6 Å². The van der Waals surface area contributed by atoms with E-state index in [1.54, 1.807) is 0 Å². The summed E-state index contributed by atoms with van der Waals surface area (Å²) in [6.45, 7) is 12.6. The van der Waals surface area contributed by atoms with Crippen molar-refractivity contribution in [2.24, 2.45) is 23.2 Å². The fraction of sp³-hybridized carbons (Fsp3) is 1.00. The molecule has 1 N–H and O–H groups in total. The van der Waals surface area contributed by atoms with E-state index in [1.165, 1.54) is 12.8 Å². The lowest BCUT2D eigenvalue weighted by Crippen LogP contribution is -2.63. The van der Waals surface area contributed by atoms with Gasteiger partial charge in [0.25, 0.3) is 0 Å². The molecule has 0 radical (unpaired) electrons. The molecule has 0 aliphatic heterocycles. The van der Waals surface area contributed by atoms with Crippen molar-refractivity contribution in [1.29, 1.82) is 0 Å². The molecular weight excluding hydrogens is 210 g/mol. The van der Waals surface area contributed by atoms with Crippen LogP contribution >= 0.6 is 0 Å². The highest BCUT2D eigenvalue weighted by Gasteiger charge is 2.57. The quantitative estimate of drug-likeness (QED) is 0.817. The zero-order chi connectivity index (χ0) is 12.8. The van der Waals surface area contributed by atoms with Gasteiger partial charge in [-0.3, -0.25) is 0 Å². The van der Waals surface area contributed by atoms with Crippen LogP contribution in [0.25, 0.3) is 0 Å². The van der Waals surface area contributed by atoms with E-state index in [9.17, 15) is 0 Å². The fourth-order valence-corrected chi connectivity index (χ4v) is 4.09. The Morgan fingerprint density at radius 2 is 1.88 bits per heavy atom. The molecule has 0 heterocycles. The molecule has 100 valence electrons. The fourth-order valence-electron chi connectivity index (χ4n) is 4.09. The highest BCUT2D eigenvalue weighted by atomic mass is 16.5. The third-order valence-electron chi connectivity index (χ3n) is 5.10. The van der Waals surface area contributed by atoms with Gasteiger partial charge in [-0.05, 0) is 50.9 Å². The summed E-state index contributed by atoms with van der Waals surface area (Å²) in [7, 11) is 1.84. The van der Waals surface area contributed by atoms with Gasteiger partial charge in [0.1, 0.15) is 0 Å². The number of fused-ring (bicyclic) bond motifs is 2. The van der Waals surface area contributed by atoms with E-state index in [-0.39, 0.29) is 5.54 Å². The van der Waals surface area contributed by atoms with Crippen molar-refractivity contribution in [3.8, 4) is 0 Å². The number of ether oxygens (including phenoxy) is 1. The Bertz CT molecular complexity index is 279. The van der Waals surface area contributed by atoms with Gasteiger partial charge in [-0.25, -0.2) is 0 Å². The summed E-state index contributed by atoms with van der Waals surface area (Å²) in [5.41, 5.74) is 0.754. The summed E-state index contributed by atoms with van der Waals surface area (Å²) in [5.74, 6) is 2.46. The number of hydrogen-bond acceptors (Lipinski definition) is 2. The van der Waals surface area contributed by atoms with E-state index in [2.05, 4.69) is 39.9 Å². The third kappa shape index (κ3) is 2.39. The first kappa shape index (κ1) is 13.4. The molecule has 0 saturated heterocycles. The lowest BCUT2D eigenvalue weighted by molar-refractivity contribution is -0.138.